The molecule has 0 aliphatic heterocycles. The number of nitrogens with one attached hydrogen (secondary N) is 2. The second-order valence-electron chi connectivity index (χ2n) is 14.5. The van der Waals surface area contributed by atoms with Gasteiger partial charge in [0.25, 0.3) is 0 Å². The number of amides is 1. The zero-order chi connectivity index (χ0) is 35.4. The molecule has 0 radical (unpaired) electrons. The number of nitrogens with zero attached hydrogens (tertiary/aromatic N) is 3. The molecule has 0 aliphatic rings. The first-order chi connectivity index (χ1) is 23.4. The topological polar surface area (TPSA) is 109 Å². The minimum absolute atomic E-state index is 0.176. The Balaban J connectivity index is 1.36. The van der Waals surface area contributed by atoms with E-state index in [4.69, 9.17) is 11.6 Å². The summed E-state index contributed by atoms with van der Waals surface area (Å²) in [5.74, 6) is -0.0906. The van der Waals surface area contributed by atoms with E-state index in [2.05, 4.69) is 48.2 Å². The number of rotatable bonds is 20. The Morgan fingerprint density at radius 2 is 1.47 bits per heavy atom. The van der Waals surface area contributed by atoms with E-state index in [1.165, 1.54) is 64.2 Å². The largest absolute Gasteiger partial charge is 0.325 e. The van der Waals surface area contributed by atoms with Gasteiger partial charge >= 0.3 is 0 Å². The van der Waals surface area contributed by atoms with E-state index < -0.39 is 21.0 Å². The van der Waals surface area contributed by atoms with Crippen molar-refractivity contribution in [2.24, 2.45) is 0 Å². The number of halogens is 1. The van der Waals surface area contributed by atoms with Crippen molar-refractivity contribution in [3.05, 3.63) is 64.8 Å². The molecule has 1 amide bonds. The van der Waals surface area contributed by atoms with Crippen LogP contribution in [0.5, 0.6) is 0 Å². The molecule has 2 heterocycles. The van der Waals surface area contributed by atoms with E-state index in [0.29, 0.717) is 34.2 Å². The third-order valence-electron chi connectivity index (χ3n) is 9.18. The summed E-state index contributed by atoms with van der Waals surface area (Å²) in [5.41, 5.74) is 3.15. The Bertz CT molecular complexity index is 1760. The highest BCUT2D eigenvalue weighted by Gasteiger charge is 2.34. The Kier molecular flexibility index (Phi) is 14.3. The maximum Gasteiger partial charge on any atom is 0.243 e. The lowest BCUT2D eigenvalue weighted by atomic mass is 9.92. The number of hydrogen-bond donors (Lipinski definition) is 2. The van der Waals surface area contributed by atoms with E-state index in [0.717, 1.165) is 30.5 Å². The van der Waals surface area contributed by atoms with Gasteiger partial charge in [-0.15, -0.1) is 5.10 Å². The van der Waals surface area contributed by atoms with E-state index in [1.807, 2.05) is 19.1 Å². The third kappa shape index (κ3) is 10.9. The molecule has 0 fully saturated rings. The van der Waals surface area contributed by atoms with E-state index >= 15 is 0 Å². The molecule has 268 valence electrons. The summed E-state index contributed by atoms with van der Waals surface area (Å²) >= 11 is 6.63. The van der Waals surface area contributed by atoms with Crippen LogP contribution in [0.1, 0.15) is 135 Å². The molecule has 0 spiro atoms. The third-order valence-corrected chi connectivity index (χ3v) is 11.7. The van der Waals surface area contributed by atoms with Crippen LogP contribution < -0.4 is 5.32 Å². The summed E-state index contributed by atoms with van der Waals surface area (Å²) in [6, 6.07) is 13.9. The molecule has 8 nitrogen and oxygen atoms in total. The number of unbranched alkanes of at least 4 members (excludes halogenated alkanes) is 13. The molecule has 1 atom stereocenters. The first-order valence-electron chi connectivity index (χ1n) is 18.3. The molecule has 2 N–H and O–H groups in total. The molecule has 4 rings (SSSR count). The van der Waals surface area contributed by atoms with E-state index in [1.54, 1.807) is 41.0 Å². The Hall–Kier alpha value is -3.17. The molecule has 49 heavy (non-hydrogen) atoms. The highest BCUT2D eigenvalue weighted by Crippen LogP contribution is 2.32. The number of hydrogen-bond acceptors (Lipinski definition) is 5. The average molecular weight is 710 g/mol. The lowest BCUT2D eigenvalue weighted by Gasteiger charge is -2.18. The molecule has 2 aromatic carbocycles. The van der Waals surface area contributed by atoms with Crippen molar-refractivity contribution in [1.29, 1.82) is 0 Å². The molecule has 0 aliphatic carbocycles. The van der Waals surface area contributed by atoms with Crippen LogP contribution in [0.25, 0.3) is 17.0 Å². The Morgan fingerprint density at radius 1 is 0.878 bits per heavy atom. The number of fused-ring (bicyclic) bond motifs is 1. The van der Waals surface area contributed by atoms with Gasteiger partial charge in [-0.25, -0.2) is 13.4 Å². The minimum Gasteiger partial charge on any atom is -0.325 e. The lowest BCUT2D eigenvalue weighted by molar-refractivity contribution is -0.116. The summed E-state index contributed by atoms with van der Waals surface area (Å²) < 4.78 is 29.3. The number of sulfone groups is 1. The van der Waals surface area contributed by atoms with Crippen molar-refractivity contribution in [1.82, 2.24) is 19.8 Å². The van der Waals surface area contributed by atoms with E-state index in [-0.39, 0.29) is 16.7 Å². The van der Waals surface area contributed by atoms with Gasteiger partial charge in [0, 0.05) is 16.7 Å². The molecule has 4 aromatic rings. The molecule has 0 saturated heterocycles. The molecule has 1 unspecified atom stereocenters. The summed E-state index contributed by atoms with van der Waals surface area (Å²) in [7, 11) is -3.91. The van der Waals surface area contributed by atoms with Crippen molar-refractivity contribution >= 4 is 38.7 Å². The Morgan fingerprint density at radius 3 is 2.04 bits per heavy atom. The second kappa shape index (κ2) is 18.2. The number of benzene rings is 2. The standard InChI is InChI=1S/C39H56ClN5O3S/c1-6-7-8-9-10-11-12-13-14-15-16-17-18-19-26-33(49(47,48)32-25-20-22-29(2)27-32)38(46)41-31-24-21-23-30(28-31)36-42-37-34(40)35(39(3,4)5)43-45(37)44-36/h20-25,27-28,33,43H,6-19,26H2,1-5H3,(H,41,46). The zero-order valence-corrected chi connectivity index (χ0v) is 31.7. The Labute approximate surface area is 298 Å². The van der Waals surface area contributed by atoms with Gasteiger partial charge in [-0.2, -0.15) is 4.63 Å². The minimum atomic E-state index is -3.91. The SMILES string of the molecule is CCCCCCCCCCCCCCCCC(C(=O)Nc1cccc(-c2nc3c(Cl)c(C(C)(C)C)[nH]n3n2)c1)S(=O)(=O)c1cccc(C)c1. The van der Waals surface area contributed by atoms with E-state index in [9.17, 15) is 13.2 Å². The maximum atomic E-state index is 13.9. The molecule has 0 bridgehead atoms. The fourth-order valence-electron chi connectivity index (χ4n) is 6.28. The van der Waals surface area contributed by atoms with Gasteiger partial charge in [-0.1, -0.05) is 153 Å². The first kappa shape index (κ1) is 38.6. The van der Waals surface area contributed by atoms with Gasteiger partial charge in [0.2, 0.25) is 5.91 Å². The molecular formula is C39H56ClN5O3S. The zero-order valence-electron chi connectivity index (χ0n) is 30.2. The quantitative estimate of drug-likeness (QED) is 0.0888. The summed E-state index contributed by atoms with van der Waals surface area (Å²) in [5, 5.41) is 10.0. The number of carbonyl (C=O) groups excluding carboxylic acids is 1. The van der Waals surface area contributed by atoms with Gasteiger partial charge < -0.3 is 5.32 Å². The molecule has 2 aromatic heterocycles. The van der Waals surface area contributed by atoms with Crippen molar-refractivity contribution in [3.8, 4) is 11.4 Å². The average Bonchev–Trinajstić information content (AvgIpc) is 3.62. The number of aryl methyl sites for hydroxylation is 1. The van der Waals surface area contributed by atoms with Crippen LogP contribution >= 0.6 is 11.6 Å². The molecule has 10 heteroatoms. The number of aromatic amines is 1. The highest BCUT2D eigenvalue weighted by molar-refractivity contribution is 7.92. The van der Waals surface area contributed by atoms with Crippen molar-refractivity contribution in [3.63, 3.8) is 0 Å². The van der Waals surface area contributed by atoms with Gasteiger partial charge in [0.15, 0.2) is 21.3 Å². The number of H-pyrrole nitrogens is 1. The van der Waals surface area contributed by atoms with Crippen LogP contribution in [-0.2, 0) is 20.0 Å². The van der Waals surface area contributed by atoms with Crippen LogP contribution in [-0.4, -0.2) is 39.4 Å². The van der Waals surface area contributed by atoms with Crippen molar-refractivity contribution in [2.75, 3.05) is 5.32 Å². The summed E-state index contributed by atoms with van der Waals surface area (Å²) in [4.78, 5) is 18.6. The predicted molar refractivity (Wildman–Crippen MR) is 202 cm³/mol. The highest BCUT2D eigenvalue weighted by atomic mass is 35.5. The molecule has 0 saturated carbocycles. The van der Waals surface area contributed by atoms with Crippen molar-refractivity contribution in [2.45, 2.75) is 146 Å². The van der Waals surface area contributed by atoms with Gasteiger partial charge in [0.05, 0.1) is 10.6 Å². The fourth-order valence-corrected chi connectivity index (χ4v) is 8.50. The first-order valence-corrected chi connectivity index (χ1v) is 20.2. The number of anilines is 1. The summed E-state index contributed by atoms with van der Waals surface area (Å²) in [6.07, 6.45) is 17.2. The smallest absolute Gasteiger partial charge is 0.243 e. The van der Waals surface area contributed by atoms with Crippen LogP contribution in [0.2, 0.25) is 5.02 Å². The van der Waals surface area contributed by atoms with Crippen LogP contribution in [0.3, 0.4) is 0 Å². The fraction of sp³-hybridized carbons (Fsp3) is 0.564. The van der Waals surface area contributed by atoms with Crippen LogP contribution in [0, 0.1) is 6.92 Å². The number of aromatic nitrogens is 4. The second-order valence-corrected chi connectivity index (χ2v) is 17.0. The van der Waals surface area contributed by atoms with Gasteiger partial charge in [-0.05, 0) is 43.2 Å². The van der Waals surface area contributed by atoms with Gasteiger partial charge in [-0.3, -0.25) is 9.89 Å². The maximum absolute atomic E-state index is 13.9. The summed E-state index contributed by atoms with van der Waals surface area (Å²) in [6.45, 7) is 10.3. The normalized spacial score (nSPS) is 12.9. The monoisotopic (exact) mass is 709 g/mol. The number of carbonyl (C=O) groups is 1. The van der Waals surface area contributed by atoms with Crippen LogP contribution in [0.4, 0.5) is 5.69 Å². The molecular weight excluding hydrogens is 654 g/mol. The van der Waals surface area contributed by atoms with Crippen molar-refractivity contribution < 1.29 is 13.2 Å². The van der Waals surface area contributed by atoms with Gasteiger partial charge in [0.1, 0.15) is 10.3 Å². The van der Waals surface area contributed by atoms with Crippen LogP contribution in [0.15, 0.2) is 53.4 Å². The predicted octanol–water partition coefficient (Wildman–Crippen LogP) is 10.6. The lowest BCUT2D eigenvalue weighted by Crippen LogP contribution is -2.35.